The average molecular weight is 494 g/mol. The molecule has 1 aliphatic heterocycles. The van der Waals surface area contributed by atoms with Crippen LogP contribution >= 0.6 is 0 Å². The van der Waals surface area contributed by atoms with Gasteiger partial charge in [0.25, 0.3) is 0 Å². The van der Waals surface area contributed by atoms with Crippen molar-refractivity contribution < 1.29 is 23.5 Å². The molecule has 0 radical (unpaired) electrons. The lowest BCUT2D eigenvalue weighted by molar-refractivity contribution is 0.129. The molecule has 1 aromatic heterocycles. The second kappa shape index (κ2) is 10.8. The number of alkyl carbamates (subject to hydrolysis) is 2. The molecule has 1 aliphatic rings. The number of hydrogen-bond acceptors (Lipinski definition) is 4. The highest BCUT2D eigenvalue weighted by molar-refractivity contribution is 5.72. The van der Waals surface area contributed by atoms with Gasteiger partial charge in [-0.25, -0.2) is 14.0 Å². The summed E-state index contributed by atoms with van der Waals surface area (Å²) in [6.45, 7) is 8.02. The van der Waals surface area contributed by atoms with Crippen LogP contribution in [0.15, 0.2) is 48.5 Å². The van der Waals surface area contributed by atoms with Crippen LogP contribution in [0.2, 0.25) is 0 Å². The highest BCUT2D eigenvalue weighted by atomic mass is 19.1. The Morgan fingerprint density at radius 3 is 2.00 bits per heavy atom. The quantitative estimate of drug-likeness (QED) is 0.355. The Hall–Kier alpha value is -3.81. The van der Waals surface area contributed by atoms with Gasteiger partial charge in [-0.3, -0.25) is 0 Å². The third-order valence-corrected chi connectivity index (χ3v) is 6.02. The Kier molecular flexibility index (Phi) is 7.62. The minimum absolute atomic E-state index is 0.0156. The zero-order valence-corrected chi connectivity index (χ0v) is 21.1. The molecule has 0 unspecified atom stereocenters. The summed E-state index contributed by atoms with van der Waals surface area (Å²) in [6, 6.07) is 14.3. The van der Waals surface area contributed by atoms with Crippen LogP contribution in [0.3, 0.4) is 0 Å². The van der Waals surface area contributed by atoms with E-state index in [0.717, 1.165) is 28.1 Å². The van der Waals surface area contributed by atoms with Gasteiger partial charge in [-0.15, -0.1) is 0 Å². The van der Waals surface area contributed by atoms with E-state index in [1.165, 1.54) is 23.3 Å². The summed E-state index contributed by atoms with van der Waals surface area (Å²) < 4.78 is 27.1. The number of hydrogen-bond donors (Lipinski definition) is 2. The van der Waals surface area contributed by atoms with Crippen LogP contribution in [0.4, 0.5) is 14.0 Å². The van der Waals surface area contributed by atoms with E-state index in [9.17, 15) is 14.0 Å². The Morgan fingerprint density at radius 2 is 1.42 bits per heavy atom. The minimum atomic E-state index is -0.535. The number of halogens is 1. The fraction of sp³-hybridized carbons (Fsp3) is 0.357. The minimum Gasteiger partial charge on any atom is -0.445 e. The van der Waals surface area contributed by atoms with Crippen molar-refractivity contribution in [2.24, 2.45) is 0 Å². The van der Waals surface area contributed by atoms with E-state index in [1.54, 1.807) is 12.1 Å². The van der Waals surface area contributed by atoms with Crippen LogP contribution in [-0.4, -0.2) is 28.8 Å². The van der Waals surface area contributed by atoms with Gasteiger partial charge in [-0.05, 0) is 68.7 Å². The van der Waals surface area contributed by atoms with Crippen LogP contribution in [0, 0.1) is 5.82 Å². The zero-order valence-electron chi connectivity index (χ0n) is 21.1. The molecule has 2 amide bonds. The number of amides is 2. The van der Waals surface area contributed by atoms with E-state index in [4.69, 9.17) is 9.47 Å². The summed E-state index contributed by atoms with van der Waals surface area (Å²) >= 11 is 0. The van der Waals surface area contributed by atoms with Crippen molar-refractivity contribution in [3.63, 3.8) is 0 Å². The maximum Gasteiger partial charge on any atom is 0.407 e. The van der Waals surface area contributed by atoms with Crippen LogP contribution in [0.5, 0.6) is 0 Å². The number of aromatic nitrogens is 1. The van der Waals surface area contributed by atoms with Gasteiger partial charge in [-0.1, -0.05) is 24.3 Å². The molecule has 0 spiro atoms. The van der Waals surface area contributed by atoms with Gasteiger partial charge >= 0.3 is 12.2 Å². The summed E-state index contributed by atoms with van der Waals surface area (Å²) in [5.74, 6) is -0.336. The van der Waals surface area contributed by atoms with Crippen molar-refractivity contribution >= 4 is 12.2 Å². The molecule has 0 atom stereocenters. The van der Waals surface area contributed by atoms with E-state index < -0.39 is 12.2 Å². The predicted molar refractivity (Wildman–Crippen MR) is 135 cm³/mol. The lowest BCUT2D eigenvalue weighted by Gasteiger charge is -2.22. The molecule has 0 fully saturated rings. The fourth-order valence-electron chi connectivity index (χ4n) is 4.48. The fourth-order valence-corrected chi connectivity index (χ4v) is 4.48. The molecule has 4 rings (SSSR count). The third-order valence-electron chi connectivity index (χ3n) is 6.02. The van der Waals surface area contributed by atoms with Gasteiger partial charge in [0.15, 0.2) is 0 Å². The SMILES string of the molecule is CC(C)NC(=O)OCc1c(COC(=O)NC(C)C)c(-c2ccc(F)cc2)n2c1Cc1ccccc1C2. The van der Waals surface area contributed by atoms with Crippen molar-refractivity contribution in [3.8, 4) is 11.3 Å². The van der Waals surface area contributed by atoms with Crippen molar-refractivity contribution in [2.45, 2.75) is 66.0 Å². The Balaban J connectivity index is 1.80. The van der Waals surface area contributed by atoms with Crippen molar-refractivity contribution in [3.05, 3.63) is 82.3 Å². The summed E-state index contributed by atoms with van der Waals surface area (Å²) in [6.07, 6.45) is -0.423. The molecule has 0 bridgehead atoms. The monoisotopic (exact) mass is 493 g/mol. The summed E-state index contributed by atoms with van der Waals surface area (Å²) in [4.78, 5) is 24.7. The normalized spacial score (nSPS) is 12.2. The van der Waals surface area contributed by atoms with Crippen LogP contribution in [0.25, 0.3) is 11.3 Å². The number of carbonyl (C=O) groups excluding carboxylic acids is 2. The highest BCUT2D eigenvalue weighted by Gasteiger charge is 2.29. The summed E-state index contributed by atoms with van der Waals surface area (Å²) in [5.41, 5.74) is 6.48. The first-order valence-corrected chi connectivity index (χ1v) is 12.1. The number of rotatable bonds is 7. The van der Waals surface area contributed by atoms with Gasteiger partial charge in [0, 0.05) is 41.9 Å². The first-order chi connectivity index (χ1) is 17.2. The number of benzene rings is 2. The molecule has 3 aromatic rings. The number of fused-ring (bicyclic) bond motifs is 2. The van der Waals surface area contributed by atoms with Crippen LogP contribution in [-0.2, 0) is 35.7 Å². The van der Waals surface area contributed by atoms with Crippen LogP contribution < -0.4 is 10.6 Å². The summed E-state index contributed by atoms with van der Waals surface area (Å²) in [7, 11) is 0. The van der Waals surface area contributed by atoms with E-state index in [0.29, 0.717) is 13.0 Å². The van der Waals surface area contributed by atoms with E-state index >= 15 is 0 Å². The van der Waals surface area contributed by atoms with Gasteiger partial charge in [-0.2, -0.15) is 0 Å². The van der Waals surface area contributed by atoms with E-state index in [1.807, 2.05) is 39.8 Å². The average Bonchev–Trinajstić information content (AvgIpc) is 3.11. The Morgan fingerprint density at radius 1 is 0.861 bits per heavy atom. The Labute approximate surface area is 210 Å². The van der Waals surface area contributed by atoms with Crippen molar-refractivity contribution in [2.75, 3.05) is 0 Å². The third kappa shape index (κ3) is 5.70. The first-order valence-electron chi connectivity index (χ1n) is 12.1. The standard InChI is InChI=1S/C28H32FN3O4/c1-17(2)30-27(33)35-15-23-24(16-36-28(34)31-18(3)4)26(19-9-11-22(29)12-10-19)32-14-21-8-6-5-7-20(21)13-25(23)32/h5-12,17-18H,13-16H2,1-4H3,(H,30,33)(H,31,34). The van der Waals surface area contributed by atoms with Crippen LogP contribution in [0.1, 0.15) is 55.6 Å². The van der Waals surface area contributed by atoms with Gasteiger partial charge in [0.05, 0.1) is 5.69 Å². The van der Waals surface area contributed by atoms with E-state index in [2.05, 4.69) is 27.3 Å². The van der Waals surface area contributed by atoms with Gasteiger partial charge in [0.1, 0.15) is 19.0 Å². The molecule has 190 valence electrons. The second-order valence-electron chi connectivity index (χ2n) is 9.54. The predicted octanol–water partition coefficient (Wildman–Crippen LogP) is 5.52. The second-order valence-corrected chi connectivity index (χ2v) is 9.54. The molecular weight excluding hydrogens is 461 g/mol. The first kappa shape index (κ1) is 25.3. The maximum atomic E-state index is 13.8. The molecular formula is C28H32FN3O4. The van der Waals surface area contributed by atoms with Gasteiger partial charge in [0.2, 0.25) is 0 Å². The molecule has 7 nitrogen and oxygen atoms in total. The molecule has 0 saturated heterocycles. The smallest absolute Gasteiger partial charge is 0.407 e. The summed E-state index contributed by atoms with van der Waals surface area (Å²) in [5, 5.41) is 5.47. The molecule has 8 heteroatoms. The number of ether oxygens (including phenoxy) is 2. The molecule has 2 N–H and O–H groups in total. The zero-order chi connectivity index (χ0) is 25.8. The topological polar surface area (TPSA) is 81.6 Å². The molecule has 2 heterocycles. The largest absolute Gasteiger partial charge is 0.445 e. The maximum absolute atomic E-state index is 13.8. The lowest BCUT2D eigenvalue weighted by Crippen LogP contribution is -2.31. The number of carbonyl (C=O) groups is 2. The van der Waals surface area contributed by atoms with Crippen molar-refractivity contribution in [1.29, 1.82) is 0 Å². The van der Waals surface area contributed by atoms with Gasteiger partial charge < -0.3 is 24.7 Å². The Bertz CT molecular complexity index is 1250. The molecule has 0 aliphatic carbocycles. The van der Waals surface area contributed by atoms with Crippen molar-refractivity contribution in [1.82, 2.24) is 15.2 Å². The molecule has 36 heavy (non-hydrogen) atoms. The molecule has 0 saturated carbocycles. The number of nitrogens with zero attached hydrogens (tertiary/aromatic N) is 1. The highest BCUT2D eigenvalue weighted by Crippen LogP contribution is 2.38. The van der Waals surface area contributed by atoms with E-state index in [-0.39, 0.29) is 31.1 Å². The number of nitrogens with one attached hydrogen (secondary N) is 2. The lowest BCUT2D eigenvalue weighted by atomic mass is 9.97. The molecule has 2 aromatic carbocycles.